The van der Waals surface area contributed by atoms with Crippen molar-refractivity contribution in [1.82, 2.24) is 10.6 Å². The fraction of sp³-hybridized carbons (Fsp3) is 0.591. The van der Waals surface area contributed by atoms with Crippen molar-refractivity contribution in [3.8, 4) is 0 Å². The van der Waals surface area contributed by atoms with Crippen molar-refractivity contribution < 1.29 is 19.1 Å². The molecule has 3 amide bonds. The van der Waals surface area contributed by atoms with E-state index in [4.69, 9.17) is 4.74 Å². The summed E-state index contributed by atoms with van der Waals surface area (Å²) in [7, 11) is 0. The number of carbonyl (C=O) groups excluding carboxylic acids is 3. The van der Waals surface area contributed by atoms with Crippen molar-refractivity contribution in [1.29, 1.82) is 0 Å². The molecule has 0 unspecified atom stereocenters. The maximum atomic E-state index is 12.5. The highest BCUT2D eigenvalue weighted by atomic mass is 16.6. The van der Waals surface area contributed by atoms with Gasteiger partial charge in [0.25, 0.3) is 0 Å². The van der Waals surface area contributed by atoms with Crippen molar-refractivity contribution >= 4 is 23.6 Å². The zero-order valence-electron chi connectivity index (χ0n) is 17.7. The molecule has 1 aliphatic rings. The lowest BCUT2D eigenvalue weighted by atomic mass is 9.88. The Balaban J connectivity index is 1.77. The Morgan fingerprint density at radius 1 is 1.03 bits per heavy atom. The second-order valence-corrected chi connectivity index (χ2v) is 8.44. The summed E-state index contributed by atoms with van der Waals surface area (Å²) in [6.45, 7) is 5.85. The van der Waals surface area contributed by atoms with Crippen LogP contribution in [0.4, 0.5) is 10.5 Å². The Morgan fingerprint density at radius 3 is 2.41 bits per heavy atom. The molecule has 7 heteroatoms. The zero-order chi connectivity index (χ0) is 21.3. The highest BCUT2D eigenvalue weighted by Gasteiger charge is 2.21. The lowest BCUT2D eigenvalue weighted by Crippen LogP contribution is -2.35. The molecule has 29 heavy (non-hydrogen) atoms. The number of benzene rings is 1. The standard InChI is InChI=1S/C22H33N3O4/c1-22(2,3)29-21(28)23-14-13-19(26)24-15-17-11-7-8-12-18(17)25-20(27)16-9-5-4-6-10-16/h7-8,11-12,16H,4-6,9-10,13-15H2,1-3H3,(H,23,28)(H,24,26)(H,25,27). The Kier molecular flexibility index (Phi) is 8.49. The van der Waals surface area contributed by atoms with Gasteiger partial charge in [0.1, 0.15) is 5.60 Å². The number of nitrogens with one attached hydrogen (secondary N) is 3. The third kappa shape index (κ3) is 8.54. The molecule has 160 valence electrons. The number of anilines is 1. The van der Waals surface area contributed by atoms with E-state index in [1.54, 1.807) is 20.8 Å². The fourth-order valence-electron chi connectivity index (χ4n) is 3.27. The number of ether oxygens (including phenoxy) is 1. The first kappa shape index (κ1) is 22.7. The number of alkyl carbamates (subject to hydrolysis) is 1. The van der Waals surface area contributed by atoms with E-state index >= 15 is 0 Å². The first-order valence-electron chi connectivity index (χ1n) is 10.4. The van der Waals surface area contributed by atoms with Crippen LogP contribution in [-0.2, 0) is 20.9 Å². The predicted octanol–water partition coefficient (Wildman–Crippen LogP) is 3.74. The van der Waals surface area contributed by atoms with Crippen molar-refractivity contribution in [2.75, 3.05) is 11.9 Å². The average molecular weight is 404 g/mol. The number of hydrogen-bond acceptors (Lipinski definition) is 4. The molecular formula is C22H33N3O4. The summed E-state index contributed by atoms with van der Waals surface area (Å²) < 4.78 is 5.13. The normalized spacial score (nSPS) is 14.7. The molecule has 0 saturated heterocycles. The zero-order valence-corrected chi connectivity index (χ0v) is 17.7. The topological polar surface area (TPSA) is 96.5 Å². The van der Waals surface area contributed by atoms with E-state index in [9.17, 15) is 14.4 Å². The van der Waals surface area contributed by atoms with Gasteiger partial charge in [-0.15, -0.1) is 0 Å². The molecule has 1 aromatic carbocycles. The lowest BCUT2D eigenvalue weighted by Gasteiger charge is -2.21. The number of para-hydroxylation sites is 1. The number of carbonyl (C=O) groups is 3. The minimum Gasteiger partial charge on any atom is -0.444 e. The summed E-state index contributed by atoms with van der Waals surface area (Å²) >= 11 is 0. The second-order valence-electron chi connectivity index (χ2n) is 8.44. The lowest BCUT2D eigenvalue weighted by molar-refractivity contribution is -0.121. The van der Waals surface area contributed by atoms with Crippen LogP contribution in [0.5, 0.6) is 0 Å². The molecule has 0 bridgehead atoms. The molecule has 7 nitrogen and oxygen atoms in total. The van der Waals surface area contributed by atoms with Gasteiger partial charge in [-0.05, 0) is 45.2 Å². The minimum atomic E-state index is -0.571. The molecule has 3 N–H and O–H groups in total. The Morgan fingerprint density at radius 2 is 1.72 bits per heavy atom. The molecular weight excluding hydrogens is 370 g/mol. The molecule has 2 rings (SSSR count). The van der Waals surface area contributed by atoms with E-state index in [2.05, 4.69) is 16.0 Å². The summed E-state index contributed by atoms with van der Waals surface area (Å²) in [5.74, 6) is -0.0511. The SMILES string of the molecule is CC(C)(C)OC(=O)NCCC(=O)NCc1ccccc1NC(=O)C1CCCCC1. The third-order valence-corrected chi connectivity index (χ3v) is 4.75. The van der Waals surface area contributed by atoms with E-state index in [1.807, 2.05) is 24.3 Å². The molecule has 1 saturated carbocycles. The van der Waals surface area contributed by atoms with Crippen LogP contribution in [0.25, 0.3) is 0 Å². The van der Waals surface area contributed by atoms with Crippen LogP contribution in [-0.4, -0.2) is 30.1 Å². The molecule has 0 spiro atoms. The molecule has 0 aliphatic heterocycles. The van der Waals surface area contributed by atoms with Gasteiger partial charge < -0.3 is 20.7 Å². The molecule has 1 fully saturated rings. The minimum absolute atomic E-state index is 0.0602. The molecule has 1 aliphatic carbocycles. The second kappa shape index (κ2) is 10.8. The van der Waals surface area contributed by atoms with Crippen molar-refractivity contribution in [3.05, 3.63) is 29.8 Å². The average Bonchev–Trinajstić information content (AvgIpc) is 2.66. The van der Waals surface area contributed by atoms with Gasteiger partial charge in [-0.1, -0.05) is 37.5 Å². The highest BCUT2D eigenvalue weighted by molar-refractivity contribution is 5.93. The summed E-state index contributed by atoms with van der Waals surface area (Å²) in [5, 5.41) is 8.41. The van der Waals surface area contributed by atoms with E-state index in [-0.39, 0.29) is 30.7 Å². The maximum absolute atomic E-state index is 12.5. The van der Waals surface area contributed by atoms with Gasteiger partial charge >= 0.3 is 6.09 Å². The molecule has 0 atom stereocenters. The predicted molar refractivity (Wildman–Crippen MR) is 112 cm³/mol. The number of rotatable bonds is 7. The number of hydrogen-bond donors (Lipinski definition) is 3. The quantitative estimate of drug-likeness (QED) is 0.646. The van der Waals surface area contributed by atoms with Gasteiger partial charge in [0.05, 0.1) is 0 Å². The first-order chi connectivity index (χ1) is 13.7. The van der Waals surface area contributed by atoms with Gasteiger partial charge in [0.15, 0.2) is 0 Å². The van der Waals surface area contributed by atoms with E-state index in [0.29, 0.717) is 6.54 Å². The van der Waals surface area contributed by atoms with Gasteiger partial charge in [-0.25, -0.2) is 4.79 Å². The van der Waals surface area contributed by atoms with Gasteiger partial charge in [0, 0.05) is 31.1 Å². The number of amides is 3. The van der Waals surface area contributed by atoms with Crippen molar-refractivity contribution in [2.24, 2.45) is 5.92 Å². The van der Waals surface area contributed by atoms with Gasteiger partial charge in [-0.2, -0.15) is 0 Å². The first-order valence-corrected chi connectivity index (χ1v) is 10.4. The van der Waals surface area contributed by atoms with E-state index in [1.165, 1.54) is 6.42 Å². The smallest absolute Gasteiger partial charge is 0.407 e. The van der Waals surface area contributed by atoms with E-state index < -0.39 is 11.7 Å². The molecule has 0 aromatic heterocycles. The third-order valence-electron chi connectivity index (χ3n) is 4.75. The summed E-state index contributed by atoms with van der Waals surface area (Å²) in [4.78, 5) is 36.2. The van der Waals surface area contributed by atoms with Crippen LogP contribution in [0.3, 0.4) is 0 Å². The van der Waals surface area contributed by atoms with Crippen LogP contribution in [0.15, 0.2) is 24.3 Å². The van der Waals surface area contributed by atoms with Crippen LogP contribution in [0.2, 0.25) is 0 Å². The molecule has 1 aromatic rings. The van der Waals surface area contributed by atoms with Crippen molar-refractivity contribution in [3.63, 3.8) is 0 Å². The van der Waals surface area contributed by atoms with Crippen LogP contribution >= 0.6 is 0 Å². The maximum Gasteiger partial charge on any atom is 0.407 e. The molecule has 0 heterocycles. The van der Waals surface area contributed by atoms with E-state index in [0.717, 1.165) is 36.9 Å². The monoisotopic (exact) mass is 403 g/mol. The summed E-state index contributed by atoms with van der Waals surface area (Å²) in [5.41, 5.74) is 1.01. The Hall–Kier alpha value is -2.57. The highest BCUT2D eigenvalue weighted by Crippen LogP contribution is 2.25. The van der Waals surface area contributed by atoms with Crippen molar-refractivity contribution in [2.45, 2.75) is 71.4 Å². The Bertz CT molecular complexity index is 706. The van der Waals surface area contributed by atoms with Crippen LogP contribution < -0.4 is 16.0 Å². The summed E-state index contributed by atoms with van der Waals surface area (Å²) in [6.07, 6.45) is 4.90. The Labute approximate surface area is 173 Å². The fourth-order valence-corrected chi connectivity index (χ4v) is 3.27. The van der Waals surface area contributed by atoms with Crippen LogP contribution in [0.1, 0.15) is 64.9 Å². The molecule has 0 radical (unpaired) electrons. The largest absolute Gasteiger partial charge is 0.444 e. The van der Waals surface area contributed by atoms with Crippen LogP contribution in [0, 0.1) is 5.92 Å². The van der Waals surface area contributed by atoms with Gasteiger partial charge in [0.2, 0.25) is 11.8 Å². The summed E-state index contributed by atoms with van der Waals surface area (Å²) in [6, 6.07) is 7.48. The van der Waals surface area contributed by atoms with Gasteiger partial charge in [-0.3, -0.25) is 9.59 Å².